The highest BCUT2D eigenvalue weighted by Gasteiger charge is 2.53. The van der Waals surface area contributed by atoms with Crippen molar-refractivity contribution in [2.75, 3.05) is 6.61 Å². The number of hydrogen-bond donors (Lipinski definition) is 1. The van der Waals surface area contributed by atoms with E-state index in [9.17, 15) is 13.8 Å². The zero-order valence-corrected chi connectivity index (χ0v) is 12.2. The summed E-state index contributed by atoms with van der Waals surface area (Å²) in [6.07, 6.45) is -0.977. The summed E-state index contributed by atoms with van der Waals surface area (Å²) < 4.78 is 39.7. The summed E-state index contributed by atoms with van der Waals surface area (Å²) in [5, 5.41) is 0. The summed E-state index contributed by atoms with van der Waals surface area (Å²) in [6, 6.07) is 0. The Morgan fingerprint density at radius 2 is 1.95 bits per heavy atom. The van der Waals surface area contributed by atoms with Gasteiger partial charge in [-0.3, -0.25) is 8.74 Å². The van der Waals surface area contributed by atoms with E-state index < -0.39 is 42.1 Å². The molecular formula is C12H16O8S. The molecule has 8 nitrogen and oxygen atoms in total. The molecule has 2 heterocycles. The predicted octanol–water partition coefficient (Wildman–Crippen LogP) is 0.101. The largest absolute Gasteiger partial charge is 0.454 e. The zero-order valence-electron chi connectivity index (χ0n) is 11.4. The number of carbonyl (C=O) groups is 2. The highest BCUT2D eigenvalue weighted by molar-refractivity contribution is 7.74. The maximum atomic E-state index is 11.7. The lowest BCUT2D eigenvalue weighted by molar-refractivity contribution is -0.165. The maximum absolute atomic E-state index is 11.7. The molecule has 118 valence electrons. The number of esters is 2. The molecule has 1 N–H and O–H groups in total. The van der Waals surface area contributed by atoms with Crippen LogP contribution in [0.5, 0.6) is 0 Å². The van der Waals surface area contributed by atoms with Crippen LogP contribution in [0.15, 0.2) is 12.2 Å². The molecule has 2 aliphatic rings. The van der Waals surface area contributed by atoms with Gasteiger partial charge in [-0.05, 0) is 19.8 Å². The molecule has 0 aliphatic carbocycles. The first-order valence-corrected chi connectivity index (χ1v) is 7.37. The van der Waals surface area contributed by atoms with Gasteiger partial charge >= 0.3 is 23.3 Å². The second-order valence-corrected chi connectivity index (χ2v) is 5.51. The summed E-state index contributed by atoms with van der Waals surface area (Å²) in [5.41, 5.74) is 0.169. The van der Waals surface area contributed by atoms with Crippen molar-refractivity contribution in [2.24, 2.45) is 0 Å². The Bertz CT molecular complexity index is 476. The zero-order chi connectivity index (χ0) is 15.6. The van der Waals surface area contributed by atoms with Gasteiger partial charge in [-0.25, -0.2) is 9.59 Å². The average Bonchev–Trinajstić information content (AvgIpc) is 2.98. The Morgan fingerprint density at radius 1 is 1.33 bits per heavy atom. The van der Waals surface area contributed by atoms with Crippen molar-refractivity contribution in [2.45, 2.75) is 44.2 Å². The quantitative estimate of drug-likeness (QED) is 0.417. The molecular weight excluding hydrogens is 304 g/mol. The number of rotatable bonds is 6. The Labute approximate surface area is 123 Å². The van der Waals surface area contributed by atoms with Gasteiger partial charge in [0.1, 0.15) is 6.10 Å². The average molecular weight is 320 g/mol. The van der Waals surface area contributed by atoms with Crippen LogP contribution in [0.2, 0.25) is 0 Å². The second-order valence-electron chi connectivity index (χ2n) is 4.88. The van der Waals surface area contributed by atoms with Crippen LogP contribution >= 0.6 is 0 Å². The monoisotopic (exact) mass is 320 g/mol. The SMILES string of the molecule is C=C(C)C(=O)OCC(=O)OC1C2CCC(O2)C1OS(=O)O. The van der Waals surface area contributed by atoms with E-state index in [0.29, 0.717) is 12.8 Å². The van der Waals surface area contributed by atoms with E-state index in [1.165, 1.54) is 6.92 Å². The number of ether oxygens (including phenoxy) is 3. The van der Waals surface area contributed by atoms with Gasteiger partial charge in [0, 0.05) is 5.57 Å². The van der Waals surface area contributed by atoms with Gasteiger partial charge in [0.2, 0.25) is 0 Å². The fourth-order valence-electron chi connectivity index (χ4n) is 2.38. The van der Waals surface area contributed by atoms with Crippen molar-refractivity contribution < 1.29 is 36.7 Å². The van der Waals surface area contributed by atoms with Gasteiger partial charge < -0.3 is 14.2 Å². The van der Waals surface area contributed by atoms with Crippen LogP contribution < -0.4 is 0 Å². The summed E-state index contributed by atoms with van der Waals surface area (Å²) >= 11 is -2.48. The molecule has 0 radical (unpaired) electrons. The Kier molecular flexibility index (Phi) is 5.09. The van der Waals surface area contributed by atoms with Crippen molar-refractivity contribution in [1.82, 2.24) is 0 Å². The highest BCUT2D eigenvalue weighted by atomic mass is 32.2. The Morgan fingerprint density at radius 3 is 2.52 bits per heavy atom. The minimum atomic E-state index is -2.48. The number of fused-ring (bicyclic) bond motifs is 2. The molecule has 0 spiro atoms. The Balaban J connectivity index is 1.88. The van der Waals surface area contributed by atoms with E-state index in [1.54, 1.807) is 0 Å². The molecule has 2 rings (SSSR count). The first kappa shape index (κ1) is 16.1. The molecule has 2 saturated heterocycles. The smallest absolute Gasteiger partial charge is 0.344 e. The minimum Gasteiger partial charge on any atom is -0.454 e. The molecule has 21 heavy (non-hydrogen) atoms. The van der Waals surface area contributed by atoms with Crippen LogP contribution in [-0.2, 0) is 39.3 Å². The standard InChI is InChI=1S/C12H16O8S/c1-6(2)12(14)17-5-9(13)19-10-7-3-4-8(18-7)11(10)20-21(15)16/h7-8,10-11H,1,3-5H2,2H3,(H,15,16). The second kappa shape index (κ2) is 6.65. The molecule has 2 aliphatic heterocycles. The van der Waals surface area contributed by atoms with Gasteiger partial charge in [-0.15, -0.1) is 0 Å². The van der Waals surface area contributed by atoms with Crippen molar-refractivity contribution >= 4 is 23.3 Å². The number of carbonyl (C=O) groups excluding carboxylic acids is 2. The van der Waals surface area contributed by atoms with Gasteiger partial charge in [0.15, 0.2) is 12.7 Å². The van der Waals surface area contributed by atoms with Crippen LogP contribution in [0.1, 0.15) is 19.8 Å². The third-order valence-corrected chi connectivity index (χ3v) is 3.66. The lowest BCUT2D eigenvalue weighted by atomic mass is 9.95. The minimum absolute atomic E-state index is 0.169. The first-order valence-electron chi connectivity index (χ1n) is 6.34. The molecule has 5 unspecified atom stereocenters. The summed E-state index contributed by atoms with van der Waals surface area (Å²) in [5.74, 6) is -1.47. The van der Waals surface area contributed by atoms with E-state index in [4.69, 9.17) is 18.2 Å². The van der Waals surface area contributed by atoms with Crippen LogP contribution in [-0.4, -0.2) is 51.7 Å². The maximum Gasteiger partial charge on any atom is 0.344 e. The predicted molar refractivity (Wildman–Crippen MR) is 69.2 cm³/mol. The third-order valence-electron chi connectivity index (χ3n) is 3.27. The fraction of sp³-hybridized carbons (Fsp3) is 0.667. The molecule has 2 bridgehead atoms. The molecule has 0 amide bonds. The van der Waals surface area contributed by atoms with Crippen LogP contribution in [0.25, 0.3) is 0 Å². The van der Waals surface area contributed by atoms with E-state index in [-0.39, 0.29) is 17.8 Å². The van der Waals surface area contributed by atoms with Crippen LogP contribution in [0.4, 0.5) is 0 Å². The summed E-state index contributed by atoms with van der Waals surface area (Å²) in [6.45, 7) is 4.28. The Hall–Kier alpha value is -1.29. The van der Waals surface area contributed by atoms with Crippen molar-refractivity contribution in [3.8, 4) is 0 Å². The normalized spacial score (nSPS) is 31.7. The van der Waals surface area contributed by atoms with Gasteiger partial charge in [0.05, 0.1) is 12.2 Å². The summed E-state index contributed by atoms with van der Waals surface area (Å²) in [7, 11) is 0. The molecule has 9 heteroatoms. The van der Waals surface area contributed by atoms with E-state index in [1.807, 2.05) is 0 Å². The van der Waals surface area contributed by atoms with Gasteiger partial charge in [0.25, 0.3) is 0 Å². The van der Waals surface area contributed by atoms with Crippen molar-refractivity contribution in [1.29, 1.82) is 0 Å². The lowest BCUT2D eigenvalue weighted by Crippen LogP contribution is -2.43. The van der Waals surface area contributed by atoms with Crippen LogP contribution in [0, 0.1) is 0 Å². The van der Waals surface area contributed by atoms with Gasteiger partial charge in [-0.2, -0.15) is 4.21 Å². The molecule has 0 aromatic rings. The van der Waals surface area contributed by atoms with E-state index in [2.05, 4.69) is 11.3 Å². The van der Waals surface area contributed by atoms with E-state index in [0.717, 1.165) is 0 Å². The highest BCUT2D eigenvalue weighted by Crippen LogP contribution is 2.38. The van der Waals surface area contributed by atoms with Crippen molar-refractivity contribution in [3.05, 3.63) is 12.2 Å². The topological polar surface area (TPSA) is 108 Å². The van der Waals surface area contributed by atoms with Crippen LogP contribution in [0.3, 0.4) is 0 Å². The third kappa shape index (κ3) is 3.88. The molecule has 0 aromatic carbocycles. The molecule has 0 saturated carbocycles. The van der Waals surface area contributed by atoms with E-state index >= 15 is 0 Å². The summed E-state index contributed by atoms with van der Waals surface area (Å²) in [4.78, 5) is 22.8. The lowest BCUT2D eigenvalue weighted by Gasteiger charge is -2.25. The molecule has 2 fully saturated rings. The number of hydrogen-bond acceptors (Lipinski definition) is 7. The molecule has 0 aromatic heterocycles. The fourth-order valence-corrected chi connectivity index (χ4v) is 2.81. The first-order chi connectivity index (χ1) is 9.88. The molecule has 5 atom stereocenters. The van der Waals surface area contributed by atoms with Gasteiger partial charge in [-0.1, -0.05) is 6.58 Å². The van der Waals surface area contributed by atoms with Crippen molar-refractivity contribution in [3.63, 3.8) is 0 Å².